The lowest BCUT2D eigenvalue weighted by atomic mass is 10.1. The minimum atomic E-state index is -0.798. The van der Waals surface area contributed by atoms with Crippen molar-refractivity contribution in [3.8, 4) is 0 Å². The van der Waals surface area contributed by atoms with Crippen LogP contribution in [-0.4, -0.2) is 19.9 Å². The predicted molar refractivity (Wildman–Crippen MR) is 69.7 cm³/mol. The zero-order chi connectivity index (χ0) is 14.2. The Labute approximate surface area is 113 Å². The fraction of sp³-hybridized carbons (Fsp3) is 0.333. The Kier molecular flexibility index (Phi) is 3.77. The van der Waals surface area contributed by atoms with Crippen LogP contribution in [0, 0.1) is 12.7 Å². The maximum atomic E-state index is 13.5. The molecular weight excluding hydrogens is 269 g/mol. The molecule has 0 saturated heterocycles. The summed E-state index contributed by atoms with van der Waals surface area (Å²) in [5.41, 5.74) is 0.635. The van der Waals surface area contributed by atoms with E-state index in [2.05, 4.69) is 10.2 Å². The first-order valence-corrected chi connectivity index (χ1v) is 6.49. The smallest absolute Gasteiger partial charge is 0.343 e. The summed E-state index contributed by atoms with van der Waals surface area (Å²) >= 11 is 1.21. The third-order valence-corrected chi connectivity index (χ3v) is 3.90. The van der Waals surface area contributed by atoms with Gasteiger partial charge in [-0.15, -0.1) is 5.10 Å². The quantitative estimate of drug-likeness (QED) is 0.900. The van der Waals surface area contributed by atoms with Gasteiger partial charge in [-0.05, 0) is 48.9 Å². The highest BCUT2D eigenvalue weighted by Crippen LogP contribution is 2.33. The fourth-order valence-corrected chi connectivity index (χ4v) is 2.70. The maximum absolute atomic E-state index is 13.5. The van der Waals surface area contributed by atoms with Crippen molar-refractivity contribution >= 4 is 11.8 Å². The second-order valence-corrected chi connectivity index (χ2v) is 5.30. The summed E-state index contributed by atoms with van der Waals surface area (Å²) in [7, 11) is 1.59. The van der Waals surface area contributed by atoms with E-state index in [0.29, 0.717) is 21.2 Å². The largest absolute Gasteiger partial charge is 0.389 e. The summed E-state index contributed by atoms with van der Waals surface area (Å²) in [6.45, 7) is 3.21. The number of aliphatic hydroxyl groups excluding tert-OH is 1. The van der Waals surface area contributed by atoms with E-state index in [4.69, 9.17) is 0 Å². The highest BCUT2D eigenvalue weighted by molar-refractivity contribution is 7.99. The zero-order valence-electron chi connectivity index (χ0n) is 10.8. The molecule has 0 spiro atoms. The van der Waals surface area contributed by atoms with Crippen LogP contribution in [0.1, 0.15) is 24.2 Å². The Balaban J connectivity index is 2.47. The number of nitrogens with zero attached hydrogens (tertiary/aromatic N) is 2. The summed E-state index contributed by atoms with van der Waals surface area (Å²) in [5.74, 6) is -0.365. The highest BCUT2D eigenvalue weighted by Gasteiger charge is 2.15. The number of hydrogen-bond acceptors (Lipinski definition) is 4. The summed E-state index contributed by atoms with van der Waals surface area (Å²) in [6.07, 6.45) is -0.798. The van der Waals surface area contributed by atoms with E-state index in [9.17, 15) is 14.3 Å². The molecule has 102 valence electrons. The molecule has 2 N–H and O–H groups in total. The molecule has 0 radical (unpaired) electrons. The van der Waals surface area contributed by atoms with Crippen molar-refractivity contribution in [1.29, 1.82) is 0 Å². The topological polar surface area (TPSA) is 70.9 Å². The van der Waals surface area contributed by atoms with Crippen molar-refractivity contribution in [3.63, 3.8) is 0 Å². The third kappa shape index (κ3) is 2.71. The van der Waals surface area contributed by atoms with Gasteiger partial charge in [-0.1, -0.05) is 0 Å². The standard InChI is InChI=1S/C12H14FN3O2S/c1-6-4-10(8(7(2)17)5-9(6)13)19-12-15-14-11(18)16(12)3/h4-5,7,17H,1-3H3,(H,14,18)/t7-/m0/s1. The molecule has 0 aliphatic rings. The average molecular weight is 283 g/mol. The predicted octanol–water partition coefficient (Wildman–Crippen LogP) is 1.76. The summed E-state index contributed by atoms with van der Waals surface area (Å²) in [5, 5.41) is 16.4. The van der Waals surface area contributed by atoms with Crippen LogP contribution < -0.4 is 5.69 Å². The monoisotopic (exact) mass is 283 g/mol. The number of aliphatic hydroxyl groups is 1. The summed E-state index contributed by atoms with van der Waals surface area (Å²) < 4.78 is 14.9. The minimum absolute atomic E-state index is 0.320. The summed E-state index contributed by atoms with van der Waals surface area (Å²) in [4.78, 5) is 12.0. The molecule has 1 atom stereocenters. The van der Waals surface area contributed by atoms with E-state index in [1.165, 1.54) is 22.4 Å². The zero-order valence-corrected chi connectivity index (χ0v) is 11.6. The first-order valence-electron chi connectivity index (χ1n) is 5.67. The highest BCUT2D eigenvalue weighted by atomic mass is 32.2. The Bertz CT molecular complexity index is 663. The van der Waals surface area contributed by atoms with Crippen LogP contribution in [0.5, 0.6) is 0 Å². The number of halogens is 1. The van der Waals surface area contributed by atoms with Gasteiger partial charge in [0.1, 0.15) is 5.82 Å². The molecular formula is C12H14FN3O2S. The van der Waals surface area contributed by atoms with Crippen LogP contribution in [0.25, 0.3) is 0 Å². The lowest BCUT2D eigenvalue weighted by molar-refractivity contribution is 0.196. The van der Waals surface area contributed by atoms with Crippen molar-refractivity contribution < 1.29 is 9.50 Å². The molecule has 0 fully saturated rings. The van der Waals surface area contributed by atoms with Crippen molar-refractivity contribution in [2.24, 2.45) is 7.05 Å². The fourth-order valence-electron chi connectivity index (χ4n) is 1.61. The normalized spacial score (nSPS) is 12.7. The number of H-pyrrole nitrogens is 1. The average Bonchev–Trinajstić information content (AvgIpc) is 2.65. The number of aromatic amines is 1. The maximum Gasteiger partial charge on any atom is 0.343 e. The van der Waals surface area contributed by atoms with E-state index in [1.807, 2.05) is 0 Å². The Morgan fingerprint density at radius 2 is 2.21 bits per heavy atom. The molecule has 2 aromatic rings. The van der Waals surface area contributed by atoms with E-state index in [1.54, 1.807) is 27.0 Å². The Morgan fingerprint density at radius 3 is 2.74 bits per heavy atom. The van der Waals surface area contributed by atoms with Gasteiger partial charge >= 0.3 is 5.69 Å². The molecule has 0 bridgehead atoms. The first-order chi connectivity index (χ1) is 8.90. The van der Waals surface area contributed by atoms with Crippen LogP contribution in [-0.2, 0) is 7.05 Å². The lowest BCUT2D eigenvalue weighted by Crippen LogP contribution is -2.12. The molecule has 1 aromatic heterocycles. The molecule has 7 heteroatoms. The van der Waals surface area contributed by atoms with E-state index in [-0.39, 0.29) is 11.5 Å². The van der Waals surface area contributed by atoms with Gasteiger partial charge in [0.2, 0.25) is 0 Å². The molecule has 0 unspecified atom stereocenters. The number of benzene rings is 1. The second kappa shape index (κ2) is 5.18. The SMILES string of the molecule is Cc1cc(Sc2n[nH]c(=O)n2C)c([C@H](C)O)cc1F. The minimum Gasteiger partial charge on any atom is -0.389 e. The Morgan fingerprint density at radius 1 is 1.53 bits per heavy atom. The molecule has 5 nitrogen and oxygen atoms in total. The van der Waals surface area contributed by atoms with Gasteiger partial charge in [0, 0.05) is 11.9 Å². The van der Waals surface area contributed by atoms with Crippen molar-refractivity contribution in [2.45, 2.75) is 30.0 Å². The van der Waals surface area contributed by atoms with Gasteiger partial charge in [-0.25, -0.2) is 14.3 Å². The molecule has 0 aliphatic carbocycles. The van der Waals surface area contributed by atoms with Gasteiger partial charge in [0.25, 0.3) is 0 Å². The molecule has 1 heterocycles. The van der Waals surface area contributed by atoms with Crippen LogP contribution in [0.3, 0.4) is 0 Å². The van der Waals surface area contributed by atoms with Crippen LogP contribution in [0.15, 0.2) is 27.0 Å². The summed E-state index contributed by atoms with van der Waals surface area (Å²) in [6, 6.07) is 2.95. The molecule has 0 aliphatic heterocycles. The number of aromatic nitrogens is 3. The van der Waals surface area contributed by atoms with Gasteiger partial charge in [-0.3, -0.25) is 4.57 Å². The lowest BCUT2D eigenvalue weighted by Gasteiger charge is -2.12. The molecule has 19 heavy (non-hydrogen) atoms. The molecule has 2 rings (SSSR count). The number of aryl methyl sites for hydroxylation is 1. The van der Waals surface area contributed by atoms with Crippen LogP contribution in [0.4, 0.5) is 4.39 Å². The number of nitrogens with one attached hydrogen (secondary N) is 1. The van der Waals surface area contributed by atoms with Crippen molar-refractivity contribution in [3.05, 3.63) is 39.6 Å². The number of rotatable bonds is 3. The van der Waals surface area contributed by atoms with Crippen LogP contribution in [0.2, 0.25) is 0 Å². The van der Waals surface area contributed by atoms with E-state index >= 15 is 0 Å². The molecule has 1 aromatic carbocycles. The van der Waals surface area contributed by atoms with Gasteiger partial charge in [-0.2, -0.15) is 0 Å². The van der Waals surface area contributed by atoms with E-state index < -0.39 is 6.10 Å². The van der Waals surface area contributed by atoms with Crippen molar-refractivity contribution in [2.75, 3.05) is 0 Å². The Hall–Kier alpha value is -1.60. The molecule has 0 amide bonds. The van der Waals surface area contributed by atoms with Gasteiger partial charge in [0.15, 0.2) is 5.16 Å². The van der Waals surface area contributed by atoms with Gasteiger partial charge in [0.05, 0.1) is 6.10 Å². The number of hydrogen-bond donors (Lipinski definition) is 2. The van der Waals surface area contributed by atoms with Gasteiger partial charge < -0.3 is 5.11 Å². The van der Waals surface area contributed by atoms with Crippen LogP contribution >= 0.6 is 11.8 Å². The third-order valence-electron chi connectivity index (χ3n) is 2.78. The first kappa shape index (κ1) is 13.8. The molecule has 0 saturated carbocycles. The second-order valence-electron chi connectivity index (χ2n) is 4.29. The van der Waals surface area contributed by atoms with Crippen molar-refractivity contribution in [1.82, 2.24) is 14.8 Å². The van der Waals surface area contributed by atoms with E-state index in [0.717, 1.165) is 0 Å².